The maximum atomic E-state index is 12.1. The monoisotopic (exact) mass is 322 g/mol. The van der Waals surface area contributed by atoms with Gasteiger partial charge < -0.3 is 25.2 Å². The number of nitrogens with one attached hydrogen (secondary N) is 1. The van der Waals surface area contributed by atoms with Crippen molar-refractivity contribution in [3.8, 4) is 11.5 Å². The van der Waals surface area contributed by atoms with E-state index in [1.807, 2.05) is 20.8 Å². The number of piperidine rings is 1. The van der Waals surface area contributed by atoms with Crippen LogP contribution < -0.4 is 5.32 Å². The molecule has 0 spiro atoms. The van der Waals surface area contributed by atoms with Crippen molar-refractivity contribution in [2.75, 3.05) is 13.1 Å². The molecule has 1 amide bonds. The summed E-state index contributed by atoms with van der Waals surface area (Å²) in [6.07, 6.45) is 1.58. The first-order valence-corrected chi connectivity index (χ1v) is 7.97. The summed E-state index contributed by atoms with van der Waals surface area (Å²) in [6.45, 7) is 7.28. The summed E-state index contributed by atoms with van der Waals surface area (Å²) in [5.74, 6) is -0.219. The molecule has 1 aromatic carbocycles. The Morgan fingerprint density at radius 3 is 2.83 bits per heavy atom. The molecular weight excluding hydrogens is 296 g/mol. The minimum atomic E-state index is -0.495. The summed E-state index contributed by atoms with van der Waals surface area (Å²) in [4.78, 5) is 13.9. The van der Waals surface area contributed by atoms with E-state index in [-0.39, 0.29) is 23.6 Å². The van der Waals surface area contributed by atoms with Crippen LogP contribution >= 0.6 is 0 Å². The number of phenols is 2. The summed E-state index contributed by atoms with van der Waals surface area (Å²) >= 11 is 0. The molecule has 23 heavy (non-hydrogen) atoms. The summed E-state index contributed by atoms with van der Waals surface area (Å²) in [5.41, 5.74) is 0.143. The fraction of sp³-hybridized carbons (Fsp3) is 0.588. The highest BCUT2D eigenvalue weighted by Crippen LogP contribution is 2.28. The van der Waals surface area contributed by atoms with Crippen LogP contribution in [0.4, 0.5) is 4.79 Å². The Bertz CT molecular complexity index is 554. The lowest BCUT2D eigenvalue weighted by Crippen LogP contribution is -2.49. The summed E-state index contributed by atoms with van der Waals surface area (Å²) in [6, 6.07) is 5.04. The van der Waals surface area contributed by atoms with Gasteiger partial charge in [0.25, 0.3) is 0 Å². The fourth-order valence-electron chi connectivity index (χ4n) is 2.61. The number of hydrogen-bond donors (Lipinski definition) is 3. The molecule has 3 N–H and O–H groups in total. The first kappa shape index (κ1) is 17.4. The van der Waals surface area contributed by atoms with Crippen LogP contribution in [-0.4, -0.2) is 45.9 Å². The van der Waals surface area contributed by atoms with Gasteiger partial charge in [-0.3, -0.25) is 0 Å². The number of para-hydroxylation sites is 1. The molecule has 1 atom stereocenters. The topological polar surface area (TPSA) is 82.0 Å². The van der Waals surface area contributed by atoms with Crippen molar-refractivity contribution in [3.63, 3.8) is 0 Å². The maximum Gasteiger partial charge on any atom is 0.410 e. The van der Waals surface area contributed by atoms with Crippen LogP contribution in [0.15, 0.2) is 18.2 Å². The van der Waals surface area contributed by atoms with Crippen LogP contribution in [0.3, 0.4) is 0 Å². The lowest BCUT2D eigenvalue weighted by atomic mass is 10.1. The summed E-state index contributed by atoms with van der Waals surface area (Å²) in [7, 11) is 0. The Hall–Kier alpha value is -1.95. The van der Waals surface area contributed by atoms with Gasteiger partial charge in [0, 0.05) is 31.2 Å². The number of nitrogens with zero attached hydrogens (tertiary/aromatic N) is 1. The van der Waals surface area contributed by atoms with Gasteiger partial charge in [0.05, 0.1) is 0 Å². The van der Waals surface area contributed by atoms with Crippen molar-refractivity contribution in [1.29, 1.82) is 0 Å². The number of rotatable bonds is 3. The fourth-order valence-corrected chi connectivity index (χ4v) is 2.61. The first-order valence-electron chi connectivity index (χ1n) is 7.97. The SMILES string of the molecule is CC(C)(C)OC(=O)N1CCCC(NCc2cccc(O)c2O)C1. The largest absolute Gasteiger partial charge is 0.504 e. The van der Waals surface area contributed by atoms with Crippen molar-refractivity contribution in [2.24, 2.45) is 0 Å². The zero-order chi connectivity index (χ0) is 17.0. The predicted molar refractivity (Wildman–Crippen MR) is 87.4 cm³/mol. The quantitative estimate of drug-likeness (QED) is 0.745. The Kier molecular flexibility index (Phi) is 5.36. The molecule has 128 valence electrons. The zero-order valence-electron chi connectivity index (χ0n) is 14.0. The Morgan fingerprint density at radius 2 is 2.13 bits per heavy atom. The van der Waals surface area contributed by atoms with Gasteiger partial charge in [-0.15, -0.1) is 0 Å². The lowest BCUT2D eigenvalue weighted by molar-refractivity contribution is 0.0187. The molecule has 1 unspecified atom stereocenters. The third-order valence-electron chi connectivity index (χ3n) is 3.75. The molecule has 0 aliphatic carbocycles. The van der Waals surface area contributed by atoms with Crippen LogP contribution in [0.5, 0.6) is 11.5 Å². The third kappa shape index (κ3) is 5.03. The molecule has 0 saturated carbocycles. The van der Waals surface area contributed by atoms with Crippen molar-refractivity contribution in [2.45, 2.75) is 51.8 Å². The number of aromatic hydroxyl groups is 2. The number of phenolic OH excluding ortho intramolecular Hbond substituents is 2. The van der Waals surface area contributed by atoms with Gasteiger partial charge in [-0.1, -0.05) is 12.1 Å². The van der Waals surface area contributed by atoms with Crippen LogP contribution in [0.1, 0.15) is 39.2 Å². The molecule has 1 aliphatic rings. The number of amides is 1. The number of carbonyl (C=O) groups excluding carboxylic acids is 1. The Morgan fingerprint density at radius 1 is 1.39 bits per heavy atom. The second-order valence-electron chi connectivity index (χ2n) is 6.93. The normalized spacial score (nSPS) is 18.7. The van der Waals surface area contributed by atoms with E-state index in [1.165, 1.54) is 6.07 Å². The van der Waals surface area contributed by atoms with E-state index in [9.17, 15) is 15.0 Å². The van der Waals surface area contributed by atoms with Crippen LogP contribution in [0.25, 0.3) is 0 Å². The van der Waals surface area contributed by atoms with E-state index in [1.54, 1.807) is 17.0 Å². The minimum Gasteiger partial charge on any atom is -0.504 e. The molecule has 0 bridgehead atoms. The third-order valence-corrected chi connectivity index (χ3v) is 3.75. The average molecular weight is 322 g/mol. The Labute approximate surface area is 137 Å². The molecule has 1 heterocycles. The minimum absolute atomic E-state index is 0.0974. The number of hydrogen-bond acceptors (Lipinski definition) is 5. The van der Waals surface area contributed by atoms with Crippen LogP contribution in [0.2, 0.25) is 0 Å². The van der Waals surface area contributed by atoms with Crippen LogP contribution in [-0.2, 0) is 11.3 Å². The Balaban J connectivity index is 1.89. The highest BCUT2D eigenvalue weighted by Gasteiger charge is 2.27. The van der Waals surface area contributed by atoms with Gasteiger partial charge in [0.1, 0.15) is 5.60 Å². The molecule has 6 heteroatoms. The molecule has 1 aliphatic heterocycles. The molecule has 6 nitrogen and oxygen atoms in total. The van der Waals surface area contributed by atoms with E-state index in [2.05, 4.69) is 5.32 Å². The second-order valence-corrected chi connectivity index (χ2v) is 6.93. The van der Waals surface area contributed by atoms with Gasteiger partial charge in [0.2, 0.25) is 0 Å². The molecule has 0 aromatic heterocycles. The zero-order valence-corrected chi connectivity index (χ0v) is 14.0. The maximum absolute atomic E-state index is 12.1. The van der Waals surface area contributed by atoms with E-state index in [4.69, 9.17) is 4.74 Å². The predicted octanol–water partition coefficient (Wildman–Crippen LogP) is 2.59. The number of ether oxygens (including phenoxy) is 1. The molecule has 1 aromatic rings. The standard InChI is InChI=1S/C17H26N2O4/c1-17(2,3)23-16(22)19-9-5-7-13(11-19)18-10-12-6-4-8-14(20)15(12)21/h4,6,8,13,18,20-21H,5,7,9-11H2,1-3H3. The van der Waals surface area contributed by atoms with Gasteiger partial charge in [0.15, 0.2) is 11.5 Å². The van der Waals surface area contributed by atoms with Gasteiger partial charge >= 0.3 is 6.09 Å². The number of benzene rings is 1. The lowest BCUT2D eigenvalue weighted by Gasteiger charge is -2.34. The van der Waals surface area contributed by atoms with E-state index < -0.39 is 5.60 Å². The molecule has 0 radical (unpaired) electrons. The molecular formula is C17H26N2O4. The van der Waals surface area contributed by atoms with E-state index in [0.29, 0.717) is 25.2 Å². The number of likely N-dealkylation sites (tertiary alicyclic amines) is 1. The van der Waals surface area contributed by atoms with E-state index in [0.717, 1.165) is 12.8 Å². The second kappa shape index (κ2) is 7.08. The van der Waals surface area contributed by atoms with E-state index >= 15 is 0 Å². The highest BCUT2D eigenvalue weighted by molar-refractivity contribution is 5.68. The van der Waals surface area contributed by atoms with Crippen LogP contribution in [0, 0.1) is 0 Å². The van der Waals surface area contributed by atoms with Gasteiger partial charge in [-0.05, 0) is 39.7 Å². The van der Waals surface area contributed by atoms with Gasteiger partial charge in [-0.2, -0.15) is 0 Å². The molecule has 1 saturated heterocycles. The molecule has 1 fully saturated rings. The number of carbonyl (C=O) groups is 1. The molecule has 2 rings (SSSR count). The van der Waals surface area contributed by atoms with Crippen molar-refractivity contribution in [1.82, 2.24) is 10.2 Å². The van der Waals surface area contributed by atoms with Crippen molar-refractivity contribution >= 4 is 6.09 Å². The highest BCUT2D eigenvalue weighted by atomic mass is 16.6. The van der Waals surface area contributed by atoms with Crippen molar-refractivity contribution < 1.29 is 19.7 Å². The van der Waals surface area contributed by atoms with Gasteiger partial charge in [-0.25, -0.2) is 4.79 Å². The summed E-state index contributed by atoms with van der Waals surface area (Å²) in [5, 5.41) is 22.7. The smallest absolute Gasteiger partial charge is 0.410 e. The first-order chi connectivity index (χ1) is 10.8. The van der Waals surface area contributed by atoms with Crippen molar-refractivity contribution in [3.05, 3.63) is 23.8 Å². The summed E-state index contributed by atoms with van der Waals surface area (Å²) < 4.78 is 5.41. The average Bonchev–Trinajstić information content (AvgIpc) is 2.47.